The van der Waals surface area contributed by atoms with Gasteiger partial charge in [-0.15, -0.1) is 17.0 Å². The Balaban J connectivity index is 0.00000225. The normalized spacial score (nSPS) is 11.5. The van der Waals surface area contributed by atoms with Crippen LogP contribution in [0.1, 0.15) is 5.56 Å². The molecule has 0 bridgehead atoms. The predicted octanol–water partition coefficient (Wildman–Crippen LogP) is 6.10. The summed E-state index contributed by atoms with van der Waals surface area (Å²) in [6, 6.07) is 42.3. The summed E-state index contributed by atoms with van der Waals surface area (Å²) in [6.45, 7) is 0. The van der Waals surface area contributed by atoms with E-state index in [1.54, 1.807) is 0 Å². The summed E-state index contributed by atoms with van der Waals surface area (Å²) in [5, 5.41) is 4.38. The molecule has 0 N–H and O–H groups in total. The molecule has 0 saturated heterocycles. The minimum absolute atomic E-state index is 0. The molecule has 0 aromatic heterocycles. The molecule has 3 heteroatoms. The van der Waals surface area contributed by atoms with Crippen LogP contribution in [0.3, 0.4) is 0 Å². The number of rotatable bonds is 5. The van der Waals surface area contributed by atoms with Crippen molar-refractivity contribution in [1.82, 2.24) is 0 Å². The van der Waals surface area contributed by atoms with Gasteiger partial charge in [-0.25, -0.2) is 0 Å². The second-order valence-electron chi connectivity index (χ2n) is 6.81. The van der Waals surface area contributed by atoms with Crippen LogP contribution in [0.5, 0.6) is 0 Å². The summed E-state index contributed by atoms with van der Waals surface area (Å²) < 4.78 is 1.28. The molecule has 0 amide bonds. The summed E-state index contributed by atoms with van der Waals surface area (Å²) in [5.74, 6) is 0. The van der Waals surface area contributed by atoms with E-state index in [2.05, 4.69) is 138 Å². The standard InChI is InChI=1S/C25H22IP.BrH/c26-22-18-16-21(17-19-22)20-27(23-10-4-1-5-11-23,24-12-6-2-7-13-24)25-14-8-3-9-15-25;/h1-19,27H,20H2;1H. The van der Waals surface area contributed by atoms with Gasteiger partial charge >= 0.3 is 176 Å². The van der Waals surface area contributed by atoms with Gasteiger partial charge in [0, 0.05) is 0 Å². The molecule has 0 spiro atoms. The molecule has 0 aliphatic rings. The molecule has 142 valence electrons. The third-order valence-corrected chi connectivity index (χ3v) is 10.8. The van der Waals surface area contributed by atoms with Crippen LogP contribution >= 0.6 is 46.8 Å². The monoisotopic (exact) mass is 560 g/mol. The molecule has 0 aliphatic heterocycles. The van der Waals surface area contributed by atoms with E-state index >= 15 is 0 Å². The van der Waals surface area contributed by atoms with Crippen LogP contribution in [0.25, 0.3) is 0 Å². The van der Waals surface area contributed by atoms with Crippen molar-refractivity contribution in [2.75, 3.05) is 0 Å². The fourth-order valence-electron chi connectivity index (χ4n) is 3.88. The Hall–Kier alpha value is -1.48. The van der Waals surface area contributed by atoms with Gasteiger partial charge in [0.2, 0.25) is 0 Å². The maximum absolute atomic E-state index is 2.38. The molecule has 0 saturated carbocycles. The fraction of sp³-hybridized carbons (Fsp3) is 0.0400. The molecular weight excluding hydrogens is 538 g/mol. The maximum atomic E-state index is 2.38. The SMILES string of the molecule is Br.Ic1ccc(C[PH](c2ccccc2)(c2ccccc2)c2ccccc2)cc1. The average molecular weight is 561 g/mol. The van der Waals surface area contributed by atoms with E-state index in [0.717, 1.165) is 6.16 Å². The van der Waals surface area contributed by atoms with Crippen molar-refractivity contribution < 1.29 is 0 Å². The Morgan fingerprint density at radius 2 is 0.857 bits per heavy atom. The molecule has 0 unspecified atom stereocenters. The first-order chi connectivity index (χ1) is 13.3. The first kappa shape index (κ1) is 21.2. The Bertz CT molecular complexity index is 890. The number of hydrogen-bond donors (Lipinski definition) is 0. The summed E-state index contributed by atoms with van der Waals surface area (Å²) in [5.41, 5.74) is 1.40. The topological polar surface area (TPSA) is 0 Å². The molecule has 0 nitrogen and oxygen atoms in total. The van der Waals surface area contributed by atoms with Gasteiger partial charge in [0.05, 0.1) is 0 Å². The van der Waals surface area contributed by atoms with Crippen LogP contribution < -0.4 is 15.9 Å². The zero-order chi connectivity index (χ0) is 18.5. The quantitative estimate of drug-likeness (QED) is 0.204. The van der Waals surface area contributed by atoms with E-state index in [9.17, 15) is 0 Å². The van der Waals surface area contributed by atoms with Crippen LogP contribution in [0, 0.1) is 3.57 Å². The van der Waals surface area contributed by atoms with Crippen LogP contribution in [0.4, 0.5) is 0 Å². The van der Waals surface area contributed by atoms with Crippen LogP contribution in [-0.4, -0.2) is 0 Å². The van der Waals surface area contributed by atoms with Crippen molar-refractivity contribution in [3.05, 3.63) is 124 Å². The first-order valence-electron chi connectivity index (χ1n) is 9.20. The molecular formula is C25H23BrIP. The molecule has 0 radical (unpaired) electrons. The molecule has 0 heterocycles. The number of hydrogen-bond acceptors (Lipinski definition) is 0. The number of halogens is 2. The zero-order valence-electron chi connectivity index (χ0n) is 15.5. The van der Waals surface area contributed by atoms with Crippen LogP contribution in [-0.2, 0) is 6.16 Å². The summed E-state index contributed by atoms with van der Waals surface area (Å²) in [4.78, 5) is 0. The summed E-state index contributed by atoms with van der Waals surface area (Å²) in [6.07, 6.45) is 1.06. The number of benzene rings is 4. The third kappa shape index (κ3) is 4.40. The van der Waals surface area contributed by atoms with Crippen molar-refractivity contribution >= 4 is 62.7 Å². The summed E-state index contributed by atoms with van der Waals surface area (Å²) in [7, 11) is -2.18. The second-order valence-corrected chi connectivity index (χ2v) is 11.9. The van der Waals surface area contributed by atoms with Crippen LogP contribution in [0.2, 0.25) is 0 Å². The van der Waals surface area contributed by atoms with Gasteiger partial charge < -0.3 is 0 Å². The Morgan fingerprint density at radius 1 is 0.500 bits per heavy atom. The van der Waals surface area contributed by atoms with Gasteiger partial charge in [-0.1, -0.05) is 0 Å². The predicted molar refractivity (Wildman–Crippen MR) is 140 cm³/mol. The van der Waals surface area contributed by atoms with Gasteiger partial charge in [0.25, 0.3) is 0 Å². The van der Waals surface area contributed by atoms with Crippen molar-refractivity contribution in [1.29, 1.82) is 0 Å². The summed E-state index contributed by atoms with van der Waals surface area (Å²) >= 11 is 2.38. The molecule has 0 atom stereocenters. The molecule has 0 aliphatic carbocycles. The Labute approximate surface area is 192 Å². The van der Waals surface area contributed by atoms with Gasteiger partial charge in [-0.2, -0.15) is 0 Å². The fourth-order valence-corrected chi connectivity index (χ4v) is 8.99. The van der Waals surface area contributed by atoms with E-state index in [4.69, 9.17) is 0 Å². The Morgan fingerprint density at radius 3 is 1.21 bits per heavy atom. The van der Waals surface area contributed by atoms with Crippen molar-refractivity contribution in [2.45, 2.75) is 6.16 Å². The second kappa shape index (κ2) is 9.82. The van der Waals surface area contributed by atoms with Gasteiger partial charge in [0.15, 0.2) is 0 Å². The van der Waals surface area contributed by atoms with E-state index < -0.39 is 7.26 Å². The molecule has 4 rings (SSSR count). The van der Waals surface area contributed by atoms with Gasteiger partial charge in [-0.05, 0) is 0 Å². The first-order valence-corrected chi connectivity index (χ1v) is 12.5. The zero-order valence-corrected chi connectivity index (χ0v) is 20.3. The van der Waals surface area contributed by atoms with E-state index in [0.29, 0.717) is 0 Å². The van der Waals surface area contributed by atoms with E-state index in [1.807, 2.05) is 0 Å². The van der Waals surface area contributed by atoms with E-state index in [1.165, 1.54) is 25.0 Å². The molecule has 4 aromatic rings. The molecule has 0 fully saturated rings. The third-order valence-electron chi connectivity index (χ3n) is 5.18. The van der Waals surface area contributed by atoms with Gasteiger partial charge in [-0.3, -0.25) is 0 Å². The Kier molecular flexibility index (Phi) is 7.45. The molecule has 4 aromatic carbocycles. The van der Waals surface area contributed by atoms with Crippen molar-refractivity contribution in [3.8, 4) is 0 Å². The van der Waals surface area contributed by atoms with E-state index in [-0.39, 0.29) is 17.0 Å². The molecule has 28 heavy (non-hydrogen) atoms. The minimum atomic E-state index is -2.18. The van der Waals surface area contributed by atoms with Gasteiger partial charge in [0.1, 0.15) is 0 Å². The van der Waals surface area contributed by atoms with Crippen LogP contribution in [0.15, 0.2) is 115 Å². The van der Waals surface area contributed by atoms with Crippen molar-refractivity contribution in [2.24, 2.45) is 0 Å². The van der Waals surface area contributed by atoms with Crippen molar-refractivity contribution in [3.63, 3.8) is 0 Å². The average Bonchev–Trinajstić information content (AvgIpc) is 2.75.